The Morgan fingerprint density at radius 2 is 1.70 bits per heavy atom. The van der Waals surface area contributed by atoms with Gasteiger partial charge in [0.25, 0.3) is 0 Å². The van der Waals surface area contributed by atoms with Gasteiger partial charge >= 0.3 is 0 Å². The lowest BCUT2D eigenvalue weighted by atomic mass is 10.1. The highest BCUT2D eigenvalue weighted by molar-refractivity contribution is 6.30. The van der Waals surface area contributed by atoms with Crippen LogP contribution >= 0.6 is 11.6 Å². The van der Waals surface area contributed by atoms with Crippen LogP contribution in [0, 0.1) is 0 Å². The third kappa shape index (κ3) is 4.39. The lowest BCUT2D eigenvalue weighted by molar-refractivity contribution is -0.120. The third-order valence-electron chi connectivity index (χ3n) is 3.62. The lowest BCUT2D eigenvalue weighted by Crippen LogP contribution is -2.27. The van der Waals surface area contributed by atoms with Gasteiger partial charge in [-0.05, 0) is 41.8 Å². The van der Waals surface area contributed by atoms with Crippen LogP contribution in [0.15, 0.2) is 42.5 Å². The highest BCUT2D eigenvalue weighted by Gasteiger charge is 2.13. The summed E-state index contributed by atoms with van der Waals surface area (Å²) in [5, 5.41) is 3.65. The van der Waals surface area contributed by atoms with Gasteiger partial charge in [0.1, 0.15) is 13.2 Å². The van der Waals surface area contributed by atoms with E-state index >= 15 is 0 Å². The first kappa shape index (κ1) is 15.7. The number of amides is 1. The number of rotatable bonds is 5. The van der Waals surface area contributed by atoms with Gasteiger partial charge in [-0.25, -0.2) is 0 Å². The van der Waals surface area contributed by atoms with Gasteiger partial charge in [-0.2, -0.15) is 0 Å². The molecule has 0 spiro atoms. The van der Waals surface area contributed by atoms with Crippen molar-refractivity contribution in [3.05, 3.63) is 58.6 Å². The SMILES string of the molecule is O=C(Cc1ccc2c(c1)OCCO2)NCCc1ccc(Cl)cc1. The van der Waals surface area contributed by atoms with Crippen LogP contribution in [0.25, 0.3) is 0 Å². The highest BCUT2D eigenvalue weighted by atomic mass is 35.5. The van der Waals surface area contributed by atoms with Crippen molar-refractivity contribution in [2.75, 3.05) is 19.8 Å². The lowest BCUT2D eigenvalue weighted by Gasteiger charge is -2.18. The van der Waals surface area contributed by atoms with Gasteiger partial charge in [0.2, 0.25) is 5.91 Å². The average Bonchev–Trinajstić information content (AvgIpc) is 2.56. The Morgan fingerprint density at radius 1 is 1.00 bits per heavy atom. The molecule has 1 aliphatic heterocycles. The number of nitrogens with one attached hydrogen (secondary N) is 1. The fourth-order valence-corrected chi connectivity index (χ4v) is 2.57. The summed E-state index contributed by atoms with van der Waals surface area (Å²) in [5.41, 5.74) is 2.06. The van der Waals surface area contributed by atoms with Crippen LogP contribution in [0.1, 0.15) is 11.1 Å². The van der Waals surface area contributed by atoms with Crippen LogP contribution in [0.3, 0.4) is 0 Å². The molecular formula is C18H18ClNO3. The van der Waals surface area contributed by atoms with Crippen molar-refractivity contribution in [2.45, 2.75) is 12.8 Å². The number of hydrogen-bond donors (Lipinski definition) is 1. The second-order valence-corrected chi connectivity index (χ2v) is 5.82. The minimum atomic E-state index is -0.00404. The van der Waals surface area contributed by atoms with Gasteiger partial charge in [-0.3, -0.25) is 4.79 Å². The maximum atomic E-state index is 12.0. The van der Waals surface area contributed by atoms with E-state index in [1.54, 1.807) is 0 Å². The van der Waals surface area contributed by atoms with Crippen molar-refractivity contribution >= 4 is 17.5 Å². The Bertz CT molecular complexity index is 685. The Hall–Kier alpha value is -2.20. The van der Waals surface area contributed by atoms with Crippen molar-refractivity contribution in [1.82, 2.24) is 5.32 Å². The van der Waals surface area contributed by atoms with Crippen LogP contribution in [0.4, 0.5) is 0 Å². The fraction of sp³-hybridized carbons (Fsp3) is 0.278. The summed E-state index contributed by atoms with van der Waals surface area (Å²) < 4.78 is 11.0. The average molecular weight is 332 g/mol. The summed E-state index contributed by atoms with van der Waals surface area (Å²) in [6.07, 6.45) is 1.11. The maximum absolute atomic E-state index is 12.0. The van der Waals surface area contributed by atoms with E-state index in [9.17, 15) is 4.79 Å². The van der Waals surface area contributed by atoms with Crippen molar-refractivity contribution in [1.29, 1.82) is 0 Å². The smallest absolute Gasteiger partial charge is 0.224 e. The number of carbonyl (C=O) groups is 1. The van der Waals surface area contributed by atoms with E-state index in [2.05, 4.69) is 5.32 Å². The van der Waals surface area contributed by atoms with Crippen molar-refractivity contribution in [3.63, 3.8) is 0 Å². The molecule has 1 amide bonds. The van der Waals surface area contributed by atoms with Crippen LogP contribution in [-0.2, 0) is 17.6 Å². The summed E-state index contributed by atoms with van der Waals surface area (Å²) in [4.78, 5) is 12.0. The summed E-state index contributed by atoms with van der Waals surface area (Å²) in [5.74, 6) is 1.45. The molecule has 0 fully saturated rings. The van der Waals surface area contributed by atoms with Gasteiger partial charge in [0, 0.05) is 11.6 Å². The molecule has 1 aliphatic rings. The molecule has 0 bridgehead atoms. The van der Waals surface area contributed by atoms with Crippen LogP contribution in [-0.4, -0.2) is 25.7 Å². The summed E-state index contributed by atoms with van der Waals surface area (Å²) in [6.45, 7) is 1.71. The summed E-state index contributed by atoms with van der Waals surface area (Å²) in [6, 6.07) is 13.3. The van der Waals surface area contributed by atoms with Gasteiger partial charge in [-0.15, -0.1) is 0 Å². The predicted molar refractivity (Wildman–Crippen MR) is 89.3 cm³/mol. The molecule has 120 valence electrons. The largest absolute Gasteiger partial charge is 0.486 e. The second-order valence-electron chi connectivity index (χ2n) is 5.38. The molecule has 23 heavy (non-hydrogen) atoms. The normalized spacial score (nSPS) is 12.7. The molecule has 0 saturated heterocycles. The topological polar surface area (TPSA) is 47.6 Å². The van der Waals surface area contributed by atoms with Gasteiger partial charge in [0.15, 0.2) is 11.5 Å². The van der Waals surface area contributed by atoms with Crippen molar-refractivity contribution in [2.24, 2.45) is 0 Å². The number of benzene rings is 2. The second kappa shape index (κ2) is 7.38. The zero-order valence-corrected chi connectivity index (χ0v) is 13.4. The molecule has 2 aromatic carbocycles. The van der Waals surface area contributed by atoms with E-state index in [0.717, 1.165) is 28.3 Å². The Labute approximate surface area is 140 Å². The quantitative estimate of drug-likeness (QED) is 0.916. The Balaban J connectivity index is 1.48. The summed E-state index contributed by atoms with van der Waals surface area (Å²) in [7, 11) is 0. The maximum Gasteiger partial charge on any atom is 0.224 e. The van der Waals surface area contributed by atoms with Crippen LogP contribution in [0.2, 0.25) is 5.02 Å². The fourth-order valence-electron chi connectivity index (χ4n) is 2.44. The van der Waals surface area contributed by atoms with Crippen LogP contribution < -0.4 is 14.8 Å². The first-order chi connectivity index (χ1) is 11.2. The predicted octanol–water partition coefficient (Wildman–Crippen LogP) is 3.01. The van der Waals surface area contributed by atoms with E-state index in [1.807, 2.05) is 42.5 Å². The molecule has 0 saturated carbocycles. The van der Waals surface area contributed by atoms with Gasteiger partial charge < -0.3 is 14.8 Å². The molecule has 0 aliphatic carbocycles. The first-order valence-electron chi connectivity index (χ1n) is 7.60. The van der Waals surface area contributed by atoms with E-state index < -0.39 is 0 Å². The Kier molecular flexibility index (Phi) is 5.03. The number of fused-ring (bicyclic) bond motifs is 1. The van der Waals surface area contributed by atoms with E-state index in [1.165, 1.54) is 0 Å². The molecule has 0 unspecified atom stereocenters. The minimum Gasteiger partial charge on any atom is -0.486 e. The van der Waals surface area contributed by atoms with E-state index in [0.29, 0.717) is 31.9 Å². The number of hydrogen-bond acceptors (Lipinski definition) is 3. The van der Waals surface area contributed by atoms with E-state index in [-0.39, 0.29) is 5.91 Å². The van der Waals surface area contributed by atoms with Crippen molar-refractivity contribution in [3.8, 4) is 11.5 Å². The standard InChI is InChI=1S/C18H18ClNO3/c19-15-4-1-13(2-5-15)7-8-20-18(21)12-14-3-6-16-17(11-14)23-10-9-22-16/h1-6,11H,7-10,12H2,(H,20,21). The monoisotopic (exact) mass is 331 g/mol. The molecule has 0 radical (unpaired) electrons. The molecule has 3 rings (SSSR count). The zero-order chi connectivity index (χ0) is 16.1. The molecule has 5 heteroatoms. The van der Waals surface area contributed by atoms with Gasteiger partial charge in [-0.1, -0.05) is 29.8 Å². The minimum absolute atomic E-state index is 0.00404. The molecule has 0 aromatic heterocycles. The number of carbonyl (C=O) groups excluding carboxylic acids is 1. The van der Waals surface area contributed by atoms with E-state index in [4.69, 9.17) is 21.1 Å². The molecule has 4 nitrogen and oxygen atoms in total. The zero-order valence-electron chi connectivity index (χ0n) is 12.7. The first-order valence-corrected chi connectivity index (χ1v) is 7.98. The summed E-state index contributed by atoms with van der Waals surface area (Å²) >= 11 is 5.85. The molecule has 1 heterocycles. The molecule has 1 N–H and O–H groups in total. The number of halogens is 1. The molecule has 0 atom stereocenters. The molecule has 2 aromatic rings. The van der Waals surface area contributed by atoms with Crippen LogP contribution in [0.5, 0.6) is 11.5 Å². The third-order valence-corrected chi connectivity index (χ3v) is 3.87. The van der Waals surface area contributed by atoms with Gasteiger partial charge in [0.05, 0.1) is 6.42 Å². The van der Waals surface area contributed by atoms with Crippen molar-refractivity contribution < 1.29 is 14.3 Å². The Morgan fingerprint density at radius 3 is 2.48 bits per heavy atom. The highest BCUT2D eigenvalue weighted by Crippen LogP contribution is 2.30. The molecular weight excluding hydrogens is 314 g/mol. The number of ether oxygens (including phenoxy) is 2.